The zero-order chi connectivity index (χ0) is 20.5. The summed E-state index contributed by atoms with van der Waals surface area (Å²) in [6.07, 6.45) is 11.0. The molecule has 7 heteroatoms. The van der Waals surface area contributed by atoms with Crippen LogP contribution in [0.5, 0.6) is 11.6 Å². The van der Waals surface area contributed by atoms with Crippen molar-refractivity contribution in [1.29, 1.82) is 0 Å². The van der Waals surface area contributed by atoms with Crippen LogP contribution in [-0.2, 0) is 6.54 Å². The molecule has 4 atom stereocenters. The number of aromatic hydroxyl groups is 1. The van der Waals surface area contributed by atoms with Crippen molar-refractivity contribution in [3.8, 4) is 11.6 Å². The van der Waals surface area contributed by atoms with E-state index in [4.69, 9.17) is 4.74 Å². The van der Waals surface area contributed by atoms with E-state index < -0.39 is 0 Å². The molecule has 0 radical (unpaired) electrons. The third-order valence-corrected chi connectivity index (χ3v) is 6.51. The fourth-order valence-corrected chi connectivity index (χ4v) is 5.19. The Morgan fingerprint density at radius 3 is 2.70 bits per heavy atom. The molecular weight excluding hydrogens is 378 g/mol. The van der Waals surface area contributed by atoms with Gasteiger partial charge in [0.2, 0.25) is 5.88 Å². The lowest BCUT2D eigenvalue weighted by Crippen LogP contribution is -2.40. The van der Waals surface area contributed by atoms with Crippen molar-refractivity contribution in [2.24, 2.45) is 11.8 Å². The highest BCUT2D eigenvalue weighted by atomic mass is 16.5. The molecule has 0 unspecified atom stereocenters. The normalized spacial score (nSPS) is 26.4. The summed E-state index contributed by atoms with van der Waals surface area (Å²) >= 11 is 0. The number of rotatable bonds is 5. The number of phenolic OH excluding ortho intramolecular Hbond substituents is 1. The molecule has 0 spiro atoms. The van der Waals surface area contributed by atoms with Gasteiger partial charge in [-0.1, -0.05) is 12.1 Å². The first kappa shape index (κ1) is 19.1. The average Bonchev–Trinajstić information content (AvgIpc) is 3.33. The Hall–Kier alpha value is -2.93. The number of nitrogens with zero attached hydrogens (tertiary/aromatic N) is 5. The maximum Gasteiger partial charge on any atom is 0.232 e. The second kappa shape index (κ2) is 8.07. The van der Waals surface area contributed by atoms with E-state index in [9.17, 15) is 5.11 Å². The molecule has 2 aliphatic rings. The van der Waals surface area contributed by atoms with E-state index in [0.29, 0.717) is 23.5 Å². The van der Waals surface area contributed by atoms with E-state index in [1.54, 1.807) is 24.7 Å². The largest absolute Gasteiger partial charge is 0.508 e. The van der Waals surface area contributed by atoms with Crippen LogP contribution in [0, 0.1) is 18.8 Å². The van der Waals surface area contributed by atoms with Crippen LogP contribution in [0.4, 0.5) is 0 Å². The average molecular weight is 406 g/mol. The number of fused-ring (bicyclic) bond motifs is 1. The number of aryl methyl sites for hydroxylation is 1. The molecule has 1 saturated heterocycles. The van der Waals surface area contributed by atoms with Crippen LogP contribution in [0.1, 0.15) is 30.3 Å². The molecule has 0 amide bonds. The van der Waals surface area contributed by atoms with Gasteiger partial charge >= 0.3 is 0 Å². The Labute approximate surface area is 176 Å². The number of benzene rings is 1. The second-order valence-corrected chi connectivity index (χ2v) is 8.50. The number of likely N-dealkylation sites (tertiary alicyclic amines) is 1. The van der Waals surface area contributed by atoms with Crippen molar-refractivity contribution in [3.63, 3.8) is 0 Å². The number of phenols is 1. The molecule has 1 aliphatic carbocycles. The van der Waals surface area contributed by atoms with Gasteiger partial charge in [-0.15, -0.1) is 0 Å². The van der Waals surface area contributed by atoms with Crippen LogP contribution in [0.25, 0.3) is 0 Å². The van der Waals surface area contributed by atoms with Crippen molar-refractivity contribution in [1.82, 2.24) is 24.4 Å². The first-order chi connectivity index (χ1) is 14.7. The molecule has 1 aliphatic heterocycles. The van der Waals surface area contributed by atoms with E-state index >= 15 is 0 Å². The lowest BCUT2D eigenvalue weighted by Gasteiger charge is -2.38. The molecule has 30 heavy (non-hydrogen) atoms. The van der Waals surface area contributed by atoms with Gasteiger partial charge in [-0.3, -0.25) is 9.88 Å². The van der Waals surface area contributed by atoms with Crippen LogP contribution in [0.3, 0.4) is 0 Å². The predicted octanol–water partition coefficient (Wildman–Crippen LogP) is 3.22. The lowest BCUT2D eigenvalue weighted by atomic mass is 9.77. The summed E-state index contributed by atoms with van der Waals surface area (Å²) in [5.41, 5.74) is 1.16. The summed E-state index contributed by atoms with van der Waals surface area (Å²) in [5, 5.41) is 9.78. The molecule has 7 nitrogen and oxygen atoms in total. The zero-order valence-corrected chi connectivity index (χ0v) is 17.1. The van der Waals surface area contributed by atoms with Crippen molar-refractivity contribution >= 4 is 0 Å². The van der Waals surface area contributed by atoms with Gasteiger partial charge in [-0.2, -0.15) is 0 Å². The Balaban J connectivity index is 1.34. The minimum atomic E-state index is 0.0385. The summed E-state index contributed by atoms with van der Waals surface area (Å²) < 4.78 is 8.61. The van der Waals surface area contributed by atoms with Crippen LogP contribution in [0.2, 0.25) is 0 Å². The summed E-state index contributed by atoms with van der Waals surface area (Å²) in [6, 6.07) is 7.81. The van der Waals surface area contributed by atoms with Crippen molar-refractivity contribution in [2.45, 2.75) is 38.5 Å². The molecule has 1 aromatic carbocycles. The summed E-state index contributed by atoms with van der Waals surface area (Å²) in [5.74, 6) is 3.14. The van der Waals surface area contributed by atoms with Crippen LogP contribution in [0.15, 0.2) is 55.2 Å². The highest BCUT2D eigenvalue weighted by Gasteiger charge is 2.44. The Kier molecular flexibility index (Phi) is 5.12. The highest BCUT2D eigenvalue weighted by molar-refractivity contribution is 5.27. The first-order valence-electron chi connectivity index (χ1n) is 10.6. The van der Waals surface area contributed by atoms with Crippen molar-refractivity contribution in [3.05, 3.63) is 66.6 Å². The van der Waals surface area contributed by atoms with E-state index in [1.165, 1.54) is 0 Å². The molecule has 156 valence electrons. The van der Waals surface area contributed by atoms with Gasteiger partial charge in [0.05, 0.1) is 12.2 Å². The van der Waals surface area contributed by atoms with Gasteiger partial charge in [-0.25, -0.2) is 9.97 Å². The minimum absolute atomic E-state index is 0.0385. The SMILES string of the molecule is Cc1nccn1[C@H]1C[C@H]2CN(Cc3cccc(O)c3)C[C@H]2C[C@@H]1Oc1cnccn1. The third kappa shape index (κ3) is 3.89. The van der Waals surface area contributed by atoms with E-state index in [-0.39, 0.29) is 12.1 Å². The molecule has 3 heterocycles. The number of imidazole rings is 1. The van der Waals surface area contributed by atoms with Crippen molar-refractivity contribution in [2.75, 3.05) is 13.1 Å². The van der Waals surface area contributed by atoms with E-state index in [2.05, 4.69) is 36.7 Å². The predicted molar refractivity (Wildman–Crippen MR) is 112 cm³/mol. The Bertz CT molecular complexity index is 992. The van der Waals surface area contributed by atoms with Gasteiger partial charge in [0.1, 0.15) is 17.7 Å². The molecule has 5 rings (SSSR count). The molecule has 2 fully saturated rings. The number of hydrogen-bond acceptors (Lipinski definition) is 6. The quantitative estimate of drug-likeness (QED) is 0.702. The molecule has 0 bridgehead atoms. The fraction of sp³-hybridized carbons (Fsp3) is 0.435. The van der Waals surface area contributed by atoms with Gasteiger partial charge in [-0.05, 0) is 49.3 Å². The summed E-state index contributed by atoms with van der Waals surface area (Å²) in [7, 11) is 0. The molecule has 2 aromatic heterocycles. The molecule has 1 N–H and O–H groups in total. The van der Waals surface area contributed by atoms with Gasteiger partial charge in [0.15, 0.2) is 0 Å². The highest BCUT2D eigenvalue weighted by Crippen LogP contribution is 2.43. The summed E-state index contributed by atoms with van der Waals surface area (Å²) in [6.45, 7) is 5.04. The van der Waals surface area contributed by atoms with Crippen LogP contribution in [-0.4, -0.2) is 48.7 Å². The first-order valence-corrected chi connectivity index (χ1v) is 10.6. The smallest absolute Gasteiger partial charge is 0.232 e. The molecule has 1 saturated carbocycles. The summed E-state index contributed by atoms with van der Waals surface area (Å²) in [4.78, 5) is 15.4. The van der Waals surface area contributed by atoms with Gasteiger partial charge in [0.25, 0.3) is 0 Å². The zero-order valence-electron chi connectivity index (χ0n) is 17.1. The molecule has 3 aromatic rings. The number of ether oxygens (including phenoxy) is 1. The van der Waals surface area contributed by atoms with E-state index in [0.717, 1.165) is 43.9 Å². The Morgan fingerprint density at radius 2 is 1.97 bits per heavy atom. The maximum atomic E-state index is 9.78. The Morgan fingerprint density at radius 1 is 1.10 bits per heavy atom. The maximum absolute atomic E-state index is 9.78. The molecular formula is C23H27N5O2. The minimum Gasteiger partial charge on any atom is -0.508 e. The van der Waals surface area contributed by atoms with Crippen LogP contribution < -0.4 is 4.74 Å². The standard InChI is InChI=1S/C23H27N5O2/c1-16-25-7-8-28(16)21-10-18-14-27(13-17-3-2-4-20(29)9-17)15-19(18)11-22(21)30-23-12-24-5-6-26-23/h2-9,12,18-19,21-22,29H,10-11,13-15H2,1H3/t18-,19+,21-,22-/m0/s1. The number of hydrogen-bond donors (Lipinski definition) is 1. The fourth-order valence-electron chi connectivity index (χ4n) is 5.19. The van der Waals surface area contributed by atoms with E-state index in [1.807, 2.05) is 25.3 Å². The number of aromatic nitrogens is 4. The second-order valence-electron chi connectivity index (χ2n) is 8.50. The van der Waals surface area contributed by atoms with Crippen molar-refractivity contribution < 1.29 is 9.84 Å². The van der Waals surface area contributed by atoms with Crippen LogP contribution >= 0.6 is 0 Å². The monoisotopic (exact) mass is 405 g/mol. The van der Waals surface area contributed by atoms with Gasteiger partial charge < -0.3 is 14.4 Å². The third-order valence-electron chi connectivity index (χ3n) is 6.51. The van der Waals surface area contributed by atoms with Gasteiger partial charge in [0, 0.05) is 44.4 Å². The lowest BCUT2D eigenvalue weighted by molar-refractivity contribution is 0.0501. The topological polar surface area (TPSA) is 76.3 Å².